The summed E-state index contributed by atoms with van der Waals surface area (Å²) in [5, 5.41) is 3.35. The second kappa shape index (κ2) is 7.53. The largest absolute Gasteiger partial charge is 0.383 e. The van der Waals surface area contributed by atoms with Gasteiger partial charge in [-0.1, -0.05) is 32.1 Å². The first-order valence-corrected chi connectivity index (χ1v) is 7.56. The van der Waals surface area contributed by atoms with Crippen LogP contribution in [0.5, 0.6) is 0 Å². The summed E-state index contributed by atoms with van der Waals surface area (Å²) in [7, 11) is 1.72. The van der Waals surface area contributed by atoms with Gasteiger partial charge >= 0.3 is 0 Å². The van der Waals surface area contributed by atoms with Crippen LogP contribution in [0.1, 0.15) is 44.2 Å². The molecule has 4 nitrogen and oxygen atoms in total. The number of methoxy groups -OCH3 is 1. The molecule has 0 bridgehead atoms. The average molecular weight is 265 g/mol. The highest BCUT2D eigenvalue weighted by Crippen LogP contribution is 2.27. The number of anilines is 1. The molecule has 0 aromatic carbocycles. The summed E-state index contributed by atoms with van der Waals surface area (Å²) in [6, 6.07) is 0. The fourth-order valence-corrected chi connectivity index (χ4v) is 2.92. The van der Waals surface area contributed by atoms with Crippen LogP contribution in [0.4, 0.5) is 5.95 Å². The maximum Gasteiger partial charge on any atom is 0.203 e. The van der Waals surface area contributed by atoms with Gasteiger partial charge in [0.05, 0.1) is 12.3 Å². The molecule has 19 heavy (non-hydrogen) atoms. The van der Waals surface area contributed by atoms with Crippen LogP contribution in [-0.4, -0.2) is 29.8 Å². The maximum atomic E-state index is 5.07. The molecule has 1 saturated carbocycles. The highest BCUT2D eigenvalue weighted by atomic mass is 16.5. The van der Waals surface area contributed by atoms with Gasteiger partial charge in [-0.25, -0.2) is 4.98 Å². The smallest absolute Gasteiger partial charge is 0.203 e. The van der Waals surface area contributed by atoms with Crippen molar-refractivity contribution in [2.75, 3.05) is 25.6 Å². The summed E-state index contributed by atoms with van der Waals surface area (Å²) < 4.78 is 7.33. The van der Waals surface area contributed by atoms with Gasteiger partial charge in [0.15, 0.2) is 0 Å². The zero-order valence-corrected chi connectivity index (χ0v) is 12.3. The van der Waals surface area contributed by atoms with Crippen LogP contribution in [-0.2, 0) is 11.3 Å². The van der Waals surface area contributed by atoms with Gasteiger partial charge in [-0.15, -0.1) is 0 Å². The summed E-state index contributed by atoms with van der Waals surface area (Å²) in [5.74, 6) is 1.91. The van der Waals surface area contributed by atoms with Crippen molar-refractivity contribution in [2.45, 2.75) is 52.0 Å². The lowest BCUT2D eigenvalue weighted by atomic mass is 9.87. The normalized spacial score (nSPS) is 16.7. The molecule has 1 heterocycles. The Kier molecular flexibility index (Phi) is 5.70. The van der Waals surface area contributed by atoms with Crippen molar-refractivity contribution >= 4 is 5.95 Å². The molecule has 0 unspecified atom stereocenters. The summed E-state index contributed by atoms with van der Waals surface area (Å²) in [5.41, 5.74) is 1.09. The molecule has 1 N–H and O–H groups in total. The predicted molar refractivity (Wildman–Crippen MR) is 78.5 cm³/mol. The van der Waals surface area contributed by atoms with E-state index in [9.17, 15) is 0 Å². The van der Waals surface area contributed by atoms with Crippen LogP contribution >= 0.6 is 0 Å². The molecule has 2 rings (SSSR count). The molecule has 4 heteroatoms. The first-order valence-electron chi connectivity index (χ1n) is 7.56. The van der Waals surface area contributed by atoms with Gasteiger partial charge in [0.1, 0.15) is 0 Å². The zero-order valence-electron chi connectivity index (χ0n) is 12.3. The van der Waals surface area contributed by atoms with Gasteiger partial charge in [0.25, 0.3) is 0 Å². The highest BCUT2D eigenvalue weighted by molar-refractivity contribution is 5.28. The van der Waals surface area contributed by atoms with Crippen LogP contribution in [0.25, 0.3) is 0 Å². The third-order valence-corrected chi connectivity index (χ3v) is 3.99. The third kappa shape index (κ3) is 4.53. The standard InChI is InChI=1S/C15H27N3O/c1-13-12-18(15(17-13)16-9-11-19-2)10-8-14-6-4-3-5-7-14/h12,14H,3-11H2,1-2H3,(H,16,17). The number of hydrogen-bond acceptors (Lipinski definition) is 3. The van der Waals surface area contributed by atoms with E-state index >= 15 is 0 Å². The fraction of sp³-hybridized carbons (Fsp3) is 0.800. The highest BCUT2D eigenvalue weighted by Gasteiger charge is 2.14. The molecule has 1 aliphatic carbocycles. The predicted octanol–water partition coefficient (Wildman–Crippen LogP) is 3.22. The third-order valence-electron chi connectivity index (χ3n) is 3.99. The Balaban J connectivity index is 1.83. The van der Waals surface area contributed by atoms with Crippen molar-refractivity contribution < 1.29 is 4.74 Å². The number of ether oxygens (including phenoxy) is 1. The van der Waals surface area contributed by atoms with Gasteiger partial charge in [-0.05, 0) is 19.3 Å². The molecule has 1 aliphatic rings. The monoisotopic (exact) mass is 265 g/mol. The Morgan fingerprint density at radius 3 is 2.89 bits per heavy atom. The van der Waals surface area contributed by atoms with Crippen molar-refractivity contribution in [3.63, 3.8) is 0 Å². The Hall–Kier alpha value is -1.03. The van der Waals surface area contributed by atoms with E-state index in [0.717, 1.165) is 30.6 Å². The second-order valence-electron chi connectivity index (χ2n) is 5.61. The number of hydrogen-bond donors (Lipinski definition) is 1. The van der Waals surface area contributed by atoms with Gasteiger partial charge in [-0.2, -0.15) is 0 Å². The van der Waals surface area contributed by atoms with E-state index in [2.05, 4.69) is 28.0 Å². The van der Waals surface area contributed by atoms with Crippen LogP contribution < -0.4 is 5.32 Å². The summed E-state index contributed by atoms with van der Waals surface area (Å²) in [6.45, 7) is 4.67. The Morgan fingerprint density at radius 1 is 1.37 bits per heavy atom. The average Bonchev–Trinajstić information content (AvgIpc) is 2.78. The van der Waals surface area contributed by atoms with E-state index in [4.69, 9.17) is 4.74 Å². The summed E-state index contributed by atoms with van der Waals surface area (Å²) >= 11 is 0. The molecule has 1 aromatic rings. The van der Waals surface area contributed by atoms with Crippen LogP contribution in [0.3, 0.4) is 0 Å². The van der Waals surface area contributed by atoms with Gasteiger partial charge < -0.3 is 14.6 Å². The first kappa shape index (κ1) is 14.4. The topological polar surface area (TPSA) is 39.1 Å². The minimum Gasteiger partial charge on any atom is -0.383 e. The number of aromatic nitrogens is 2. The molecule has 0 spiro atoms. The van der Waals surface area contributed by atoms with Gasteiger partial charge in [-0.3, -0.25) is 0 Å². The Labute approximate surface area is 116 Å². The number of imidazole rings is 1. The summed E-state index contributed by atoms with van der Waals surface area (Å²) in [6.07, 6.45) is 10.6. The Bertz CT molecular complexity index is 369. The molecular formula is C15H27N3O. The zero-order chi connectivity index (χ0) is 13.5. The molecule has 0 radical (unpaired) electrons. The quantitative estimate of drug-likeness (QED) is 0.769. The minimum atomic E-state index is 0.717. The molecule has 0 atom stereocenters. The lowest BCUT2D eigenvalue weighted by Gasteiger charge is -2.21. The van der Waals surface area contributed by atoms with E-state index < -0.39 is 0 Å². The number of nitrogens with one attached hydrogen (secondary N) is 1. The molecule has 0 saturated heterocycles. The van der Waals surface area contributed by atoms with E-state index in [1.54, 1.807) is 7.11 Å². The molecule has 0 amide bonds. The van der Waals surface area contributed by atoms with Crippen molar-refractivity contribution in [2.24, 2.45) is 5.92 Å². The fourth-order valence-electron chi connectivity index (χ4n) is 2.92. The molecule has 0 aliphatic heterocycles. The molecular weight excluding hydrogens is 238 g/mol. The van der Waals surface area contributed by atoms with Crippen LogP contribution in [0.15, 0.2) is 6.20 Å². The molecule has 108 valence electrons. The number of rotatable bonds is 7. The summed E-state index contributed by atoms with van der Waals surface area (Å²) in [4.78, 5) is 4.54. The number of aryl methyl sites for hydroxylation is 2. The SMILES string of the molecule is COCCNc1nc(C)cn1CCC1CCCCC1. The van der Waals surface area contributed by atoms with Gasteiger partial charge in [0.2, 0.25) is 5.95 Å². The lowest BCUT2D eigenvalue weighted by molar-refractivity contribution is 0.210. The van der Waals surface area contributed by atoms with E-state index in [1.807, 2.05) is 0 Å². The van der Waals surface area contributed by atoms with Crippen molar-refractivity contribution in [3.05, 3.63) is 11.9 Å². The van der Waals surface area contributed by atoms with E-state index in [0.29, 0.717) is 6.61 Å². The van der Waals surface area contributed by atoms with E-state index in [1.165, 1.54) is 38.5 Å². The molecule has 1 aromatic heterocycles. The first-order chi connectivity index (χ1) is 9.29. The number of nitrogens with zero attached hydrogens (tertiary/aromatic N) is 2. The Morgan fingerprint density at radius 2 is 2.16 bits per heavy atom. The van der Waals surface area contributed by atoms with Crippen molar-refractivity contribution in [1.82, 2.24) is 9.55 Å². The second-order valence-corrected chi connectivity index (χ2v) is 5.61. The van der Waals surface area contributed by atoms with Gasteiger partial charge in [0, 0.05) is 26.4 Å². The molecule has 1 fully saturated rings. The lowest BCUT2D eigenvalue weighted by Crippen LogP contribution is -2.14. The van der Waals surface area contributed by atoms with Crippen LogP contribution in [0.2, 0.25) is 0 Å². The van der Waals surface area contributed by atoms with E-state index in [-0.39, 0.29) is 0 Å². The van der Waals surface area contributed by atoms with Crippen LogP contribution in [0, 0.1) is 12.8 Å². The minimum absolute atomic E-state index is 0.717. The maximum absolute atomic E-state index is 5.07. The van der Waals surface area contributed by atoms with Crippen molar-refractivity contribution in [3.8, 4) is 0 Å². The van der Waals surface area contributed by atoms with Crippen molar-refractivity contribution in [1.29, 1.82) is 0 Å².